The molecule has 4 atom stereocenters. The van der Waals surface area contributed by atoms with E-state index in [0.29, 0.717) is 10.3 Å². The second kappa shape index (κ2) is 7.61. The quantitative estimate of drug-likeness (QED) is 0.404. The monoisotopic (exact) mass is 421 g/mol. The molecule has 27 heavy (non-hydrogen) atoms. The SMILES string of the molecule is CSc1cc2ccn([C@@H]3O[C@H](COP(=O)(O)O)[C@H](O)[C@H]3O)c(=O)c2cc1F. The highest BCUT2D eigenvalue weighted by Gasteiger charge is 2.44. The van der Waals surface area contributed by atoms with Crippen molar-refractivity contribution in [1.29, 1.82) is 0 Å². The minimum absolute atomic E-state index is 0.0630. The summed E-state index contributed by atoms with van der Waals surface area (Å²) in [7, 11) is -4.80. The number of nitrogens with zero attached hydrogens (tertiary/aromatic N) is 1. The molecule has 0 saturated carbocycles. The first-order valence-electron chi connectivity index (χ1n) is 7.72. The van der Waals surface area contributed by atoms with Gasteiger partial charge in [-0.3, -0.25) is 13.9 Å². The normalized spacial score (nSPS) is 26.0. The Bertz CT molecular complexity index is 963. The lowest BCUT2D eigenvalue weighted by Gasteiger charge is -2.18. The van der Waals surface area contributed by atoms with Crippen molar-refractivity contribution in [3.05, 3.63) is 40.6 Å². The minimum atomic E-state index is -4.80. The minimum Gasteiger partial charge on any atom is -0.387 e. The Morgan fingerprint density at radius 1 is 1.33 bits per heavy atom. The predicted molar refractivity (Wildman–Crippen MR) is 93.9 cm³/mol. The van der Waals surface area contributed by atoms with Crippen LogP contribution in [0.15, 0.2) is 34.1 Å². The lowest BCUT2D eigenvalue weighted by Crippen LogP contribution is -2.35. The lowest BCUT2D eigenvalue weighted by molar-refractivity contribution is -0.0534. The first-order chi connectivity index (χ1) is 12.6. The summed E-state index contributed by atoms with van der Waals surface area (Å²) in [6.45, 7) is -0.687. The van der Waals surface area contributed by atoms with E-state index in [1.807, 2.05) is 0 Å². The van der Waals surface area contributed by atoms with Crippen LogP contribution in [0.25, 0.3) is 10.8 Å². The van der Waals surface area contributed by atoms with E-state index in [1.165, 1.54) is 30.1 Å². The van der Waals surface area contributed by atoms with Crippen LogP contribution in [-0.4, -0.2) is 55.7 Å². The molecule has 0 amide bonds. The molecule has 1 aromatic carbocycles. The van der Waals surface area contributed by atoms with E-state index in [-0.39, 0.29) is 5.39 Å². The number of hydrogen-bond acceptors (Lipinski definition) is 7. The van der Waals surface area contributed by atoms with E-state index in [2.05, 4.69) is 4.52 Å². The van der Waals surface area contributed by atoms with Crippen molar-refractivity contribution in [2.24, 2.45) is 0 Å². The van der Waals surface area contributed by atoms with Crippen LogP contribution in [0.4, 0.5) is 4.39 Å². The Morgan fingerprint density at radius 3 is 2.67 bits per heavy atom. The molecule has 0 radical (unpaired) electrons. The summed E-state index contributed by atoms with van der Waals surface area (Å²) in [6.07, 6.45) is -2.66. The maximum absolute atomic E-state index is 14.0. The molecule has 2 aromatic rings. The molecule has 1 saturated heterocycles. The summed E-state index contributed by atoms with van der Waals surface area (Å²) in [4.78, 5) is 30.6. The summed E-state index contributed by atoms with van der Waals surface area (Å²) in [6, 6.07) is 4.16. The number of fused-ring (bicyclic) bond motifs is 1. The molecule has 148 valence electrons. The van der Waals surface area contributed by atoms with Gasteiger partial charge in [0.1, 0.15) is 24.1 Å². The van der Waals surface area contributed by atoms with E-state index >= 15 is 0 Å². The number of hydrogen-bond donors (Lipinski definition) is 4. The molecule has 0 unspecified atom stereocenters. The third-order valence-corrected chi connectivity index (χ3v) is 5.46. The van der Waals surface area contributed by atoms with Gasteiger partial charge in [-0.1, -0.05) is 0 Å². The predicted octanol–water partition coefficient (Wildman–Crippen LogP) is 0.591. The van der Waals surface area contributed by atoms with Crippen LogP contribution >= 0.6 is 19.6 Å². The molecular weight excluding hydrogens is 404 g/mol. The fourth-order valence-electron chi connectivity index (χ4n) is 2.88. The Morgan fingerprint density at radius 2 is 2.04 bits per heavy atom. The van der Waals surface area contributed by atoms with Crippen LogP contribution in [0, 0.1) is 5.82 Å². The van der Waals surface area contributed by atoms with Crippen molar-refractivity contribution >= 4 is 30.4 Å². The third kappa shape index (κ3) is 4.10. The van der Waals surface area contributed by atoms with Crippen LogP contribution < -0.4 is 5.56 Å². The van der Waals surface area contributed by atoms with E-state index in [1.54, 1.807) is 6.26 Å². The number of aliphatic hydroxyl groups excluding tert-OH is 2. The van der Waals surface area contributed by atoms with Crippen molar-refractivity contribution in [3.8, 4) is 0 Å². The number of rotatable bonds is 5. The number of aliphatic hydroxyl groups is 2. The van der Waals surface area contributed by atoms with Crippen molar-refractivity contribution in [2.75, 3.05) is 12.9 Å². The number of halogens is 1. The summed E-state index contributed by atoms with van der Waals surface area (Å²) < 4.78 is 35.5. The number of phosphoric acid groups is 1. The Labute approximate surface area is 156 Å². The van der Waals surface area contributed by atoms with Crippen LogP contribution in [0.5, 0.6) is 0 Å². The van der Waals surface area contributed by atoms with Gasteiger partial charge in [-0.15, -0.1) is 11.8 Å². The molecular formula is C15H17FNO8PS. The molecule has 1 aromatic heterocycles. The van der Waals surface area contributed by atoms with Gasteiger partial charge in [0.2, 0.25) is 0 Å². The second-order valence-electron chi connectivity index (χ2n) is 5.93. The summed E-state index contributed by atoms with van der Waals surface area (Å²) >= 11 is 1.19. The molecule has 1 aliphatic heterocycles. The zero-order chi connectivity index (χ0) is 19.9. The number of benzene rings is 1. The molecule has 3 rings (SSSR count). The average Bonchev–Trinajstić information content (AvgIpc) is 2.88. The maximum atomic E-state index is 14.0. The van der Waals surface area contributed by atoms with Crippen LogP contribution in [0.3, 0.4) is 0 Å². The molecule has 0 spiro atoms. The largest absolute Gasteiger partial charge is 0.469 e. The van der Waals surface area contributed by atoms with Gasteiger partial charge in [-0.2, -0.15) is 0 Å². The van der Waals surface area contributed by atoms with Crippen LogP contribution in [0.2, 0.25) is 0 Å². The van der Waals surface area contributed by atoms with Crippen molar-refractivity contribution in [2.45, 2.75) is 29.4 Å². The zero-order valence-electron chi connectivity index (χ0n) is 13.9. The molecule has 12 heteroatoms. The van der Waals surface area contributed by atoms with Crippen LogP contribution in [0.1, 0.15) is 6.23 Å². The van der Waals surface area contributed by atoms with Gasteiger partial charge >= 0.3 is 7.82 Å². The first-order valence-corrected chi connectivity index (χ1v) is 10.5. The van der Waals surface area contributed by atoms with E-state index in [9.17, 15) is 24.0 Å². The van der Waals surface area contributed by atoms with Crippen LogP contribution in [-0.2, 0) is 13.8 Å². The molecule has 1 aliphatic rings. The standard InChI is InChI=1S/C15H17FNO8PS/c1-27-11-4-7-2-3-17(14(20)8(7)5-9(11)16)15-13(19)12(18)10(25-15)6-24-26(21,22)23/h2-5,10,12-13,15,18-19H,6H2,1H3,(H2,21,22,23)/t10-,12+,13-,15-/m1/s1. The van der Waals surface area contributed by atoms with Gasteiger partial charge in [0.15, 0.2) is 6.23 Å². The molecule has 0 aliphatic carbocycles. The van der Waals surface area contributed by atoms with Gasteiger partial charge in [-0.25, -0.2) is 8.96 Å². The van der Waals surface area contributed by atoms with E-state index < -0.39 is 50.3 Å². The number of aromatic nitrogens is 1. The summed E-state index contributed by atoms with van der Waals surface area (Å²) in [5.74, 6) is -0.564. The van der Waals surface area contributed by atoms with E-state index in [4.69, 9.17) is 14.5 Å². The lowest BCUT2D eigenvalue weighted by atomic mass is 10.1. The van der Waals surface area contributed by atoms with E-state index in [0.717, 1.165) is 10.6 Å². The highest BCUT2D eigenvalue weighted by Crippen LogP contribution is 2.38. The van der Waals surface area contributed by atoms with Gasteiger partial charge in [-0.05, 0) is 29.8 Å². The third-order valence-electron chi connectivity index (χ3n) is 4.22. The number of thioether (sulfide) groups is 1. The van der Waals surface area contributed by atoms with Gasteiger partial charge in [0.25, 0.3) is 5.56 Å². The first kappa shape index (κ1) is 20.4. The van der Waals surface area contributed by atoms with Crippen molar-refractivity contribution in [3.63, 3.8) is 0 Å². The molecule has 2 heterocycles. The smallest absolute Gasteiger partial charge is 0.387 e. The van der Waals surface area contributed by atoms with Gasteiger partial charge in [0.05, 0.1) is 12.0 Å². The van der Waals surface area contributed by atoms with Gasteiger partial charge < -0.3 is 24.7 Å². The summed E-state index contributed by atoms with van der Waals surface area (Å²) in [5.41, 5.74) is -0.646. The van der Waals surface area contributed by atoms with Crippen molar-refractivity contribution < 1.29 is 38.2 Å². The molecule has 0 bridgehead atoms. The number of ether oxygens (including phenoxy) is 1. The zero-order valence-corrected chi connectivity index (χ0v) is 15.6. The fourth-order valence-corrected chi connectivity index (χ4v) is 3.72. The average molecular weight is 421 g/mol. The Kier molecular flexibility index (Phi) is 5.76. The van der Waals surface area contributed by atoms with Crippen molar-refractivity contribution in [1.82, 2.24) is 4.57 Å². The highest BCUT2D eigenvalue weighted by molar-refractivity contribution is 7.98. The van der Waals surface area contributed by atoms with Gasteiger partial charge in [0, 0.05) is 11.1 Å². The number of phosphoric ester groups is 1. The highest BCUT2D eigenvalue weighted by atomic mass is 32.2. The Hall–Kier alpha value is -1.30. The summed E-state index contributed by atoms with van der Waals surface area (Å²) in [5, 5.41) is 20.8. The number of pyridine rings is 1. The molecule has 4 N–H and O–H groups in total. The Balaban J connectivity index is 1.94. The molecule has 9 nitrogen and oxygen atoms in total. The fraction of sp³-hybridized carbons (Fsp3) is 0.400. The second-order valence-corrected chi connectivity index (χ2v) is 8.02. The molecule has 1 fully saturated rings. The topological polar surface area (TPSA) is 138 Å². The maximum Gasteiger partial charge on any atom is 0.469 e.